The Labute approximate surface area is 137 Å². The van der Waals surface area contributed by atoms with Gasteiger partial charge in [0.05, 0.1) is 6.04 Å². The van der Waals surface area contributed by atoms with Crippen LogP contribution in [0.2, 0.25) is 0 Å². The van der Waals surface area contributed by atoms with Crippen molar-refractivity contribution in [3.05, 3.63) is 77.9 Å². The SMILES string of the molecule is Oc1ccc2ccccc2c1[C@@H](c1ccccc1)N1CCCC1. The molecule has 1 aliphatic rings. The average Bonchev–Trinajstić information content (AvgIpc) is 3.12. The van der Waals surface area contributed by atoms with E-state index < -0.39 is 0 Å². The molecular weight excluding hydrogens is 282 g/mol. The van der Waals surface area contributed by atoms with Crippen LogP contribution in [0, 0.1) is 0 Å². The lowest BCUT2D eigenvalue weighted by molar-refractivity contribution is 0.277. The van der Waals surface area contributed by atoms with E-state index in [0.717, 1.165) is 24.0 Å². The minimum absolute atomic E-state index is 0.116. The molecule has 1 atom stereocenters. The molecule has 3 aromatic rings. The van der Waals surface area contributed by atoms with E-state index in [1.54, 1.807) is 0 Å². The van der Waals surface area contributed by atoms with Crippen molar-refractivity contribution in [2.45, 2.75) is 18.9 Å². The second-order valence-corrected chi connectivity index (χ2v) is 6.28. The molecule has 0 amide bonds. The summed E-state index contributed by atoms with van der Waals surface area (Å²) in [6.07, 6.45) is 2.46. The number of hydrogen-bond donors (Lipinski definition) is 1. The topological polar surface area (TPSA) is 23.5 Å². The van der Waals surface area contributed by atoms with Crippen LogP contribution in [0.3, 0.4) is 0 Å². The third-order valence-electron chi connectivity index (χ3n) is 4.84. The van der Waals surface area contributed by atoms with Crippen LogP contribution in [0.1, 0.15) is 30.0 Å². The zero-order chi connectivity index (χ0) is 15.6. The van der Waals surface area contributed by atoms with Crippen LogP contribution in [0.4, 0.5) is 0 Å². The molecule has 1 fully saturated rings. The first-order valence-electron chi connectivity index (χ1n) is 8.34. The number of nitrogens with zero attached hydrogens (tertiary/aromatic N) is 1. The van der Waals surface area contributed by atoms with E-state index in [2.05, 4.69) is 53.4 Å². The van der Waals surface area contributed by atoms with E-state index in [-0.39, 0.29) is 6.04 Å². The summed E-state index contributed by atoms with van der Waals surface area (Å²) < 4.78 is 0. The van der Waals surface area contributed by atoms with Gasteiger partial charge in [-0.2, -0.15) is 0 Å². The van der Waals surface area contributed by atoms with Gasteiger partial charge >= 0.3 is 0 Å². The Morgan fingerprint density at radius 2 is 1.48 bits per heavy atom. The average molecular weight is 303 g/mol. The standard InChI is InChI=1S/C21H21NO/c23-19-13-12-16-8-4-5-11-18(16)20(19)21(22-14-6-7-15-22)17-9-2-1-3-10-17/h1-5,8-13,21,23H,6-7,14-15H2/t21-/m1/s1. The van der Waals surface area contributed by atoms with Crippen molar-refractivity contribution in [2.75, 3.05) is 13.1 Å². The molecule has 0 radical (unpaired) electrons. The van der Waals surface area contributed by atoms with Gasteiger partial charge in [-0.3, -0.25) is 4.90 Å². The normalized spacial score (nSPS) is 16.7. The maximum atomic E-state index is 10.7. The smallest absolute Gasteiger partial charge is 0.121 e. The Hall–Kier alpha value is -2.32. The van der Waals surface area contributed by atoms with E-state index in [1.807, 2.05) is 18.2 Å². The fraction of sp³-hybridized carbons (Fsp3) is 0.238. The zero-order valence-corrected chi connectivity index (χ0v) is 13.2. The number of hydrogen-bond acceptors (Lipinski definition) is 2. The first-order valence-corrected chi connectivity index (χ1v) is 8.34. The predicted molar refractivity (Wildman–Crippen MR) is 94.7 cm³/mol. The van der Waals surface area contributed by atoms with Gasteiger partial charge in [0, 0.05) is 5.56 Å². The summed E-state index contributed by atoms with van der Waals surface area (Å²) in [7, 11) is 0. The summed E-state index contributed by atoms with van der Waals surface area (Å²) in [5.41, 5.74) is 2.29. The van der Waals surface area contributed by atoms with E-state index in [4.69, 9.17) is 0 Å². The number of likely N-dealkylation sites (tertiary alicyclic amines) is 1. The Morgan fingerprint density at radius 3 is 2.26 bits per heavy atom. The van der Waals surface area contributed by atoms with E-state index >= 15 is 0 Å². The molecule has 1 saturated heterocycles. The summed E-state index contributed by atoms with van der Waals surface area (Å²) in [4.78, 5) is 2.50. The molecule has 0 unspecified atom stereocenters. The van der Waals surface area contributed by atoms with Crippen molar-refractivity contribution in [1.82, 2.24) is 4.90 Å². The molecule has 2 heteroatoms. The number of benzene rings is 3. The highest BCUT2D eigenvalue weighted by Crippen LogP contribution is 2.40. The van der Waals surface area contributed by atoms with Gasteiger partial charge in [-0.25, -0.2) is 0 Å². The van der Waals surface area contributed by atoms with Crippen molar-refractivity contribution >= 4 is 10.8 Å². The summed E-state index contributed by atoms with van der Waals surface area (Å²) in [5, 5.41) is 13.0. The highest BCUT2D eigenvalue weighted by molar-refractivity contribution is 5.88. The fourth-order valence-corrected chi connectivity index (χ4v) is 3.77. The first kappa shape index (κ1) is 14.3. The van der Waals surface area contributed by atoms with Crippen molar-refractivity contribution < 1.29 is 5.11 Å². The molecule has 2 nitrogen and oxygen atoms in total. The lowest BCUT2D eigenvalue weighted by Crippen LogP contribution is -2.26. The van der Waals surface area contributed by atoms with Gasteiger partial charge in [-0.1, -0.05) is 60.7 Å². The lowest BCUT2D eigenvalue weighted by atomic mass is 9.92. The summed E-state index contributed by atoms with van der Waals surface area (Å²) >= 11 is 0. The van der Waals surface area contributed by atoms with Gasteiger partial charge in [0.25, 0.3) is 0 Å². The molecule has 3 aromatic carbocycles. The maximum absolute atomic E-state index is 10.7. The van der Waals surface area contributed by atoms with Crippen LogP contribution in [0.5, 0.6) is 5.75 Å². The fourth-order valence-electron chi connectivity index (χ4n) is 3.77. The van der Waals surface area contributed by atoms with Crippen molar-refractivity contribution in [3.8, 4) is 5.75 Å². The van der Waals surface area contributed by atoms with Crippen LogP contribution in [-0.4, -0.2) is 23.1 Å². The quantitative estimate of drug-likeness (QED) is 0.756. The maximum Gasteiger partial charge on any atom is 0.121 e. The highest BCUT2D eigenvalue weighted by Gasteiger charge is 2.28. The Morgan fingerprint density at radius 1 is 0.783 bits per heavy atom. The van der Waals surface area contributed by atoms with Crippen LogP contribution in [0.15, 0.2) is 66.7 Å². The van der Waals surface area contributed by atoms with Crippen LogP contribution in [0.25, 0.3) is 10.8 Å². The number of aromatic hydroxyl groups is 1. The van der Waals surface area contributed by atoms with Crippen molar-refractivity contribution in [3.63, 3.8) is 0 Å². The zero-order valence-electron chi connectivity index (χ0n) is 13.2. The first-order chi connectivity index (χ1) is 11.3. The van der Waals surface area contributed by atoms with Gasteiger partial charge < -0.3 is 5.11 Å². The third kappa shape index (κ3) is 2.60. The van der Waals surface area contributed by atoms with Gasteiger partial charge in [0.2, 0.25) is 0 Å². The summed E-state index contributed by atoms with van der Waals surface area (Å²) in [6, 6.07) is 22.9. The molecule has 0 bridgehead atoms. The monoisotopic (exact) mass is 303 g/mol. The van der Waals surface area contributed by atoms with Crippen LogP contribution >= 0.6 is 0 Å². The van der Waals surface area contributed by atoms with Gasteiger partial charge in [0.1, 0.15) is 5.75 Å². The molecule has 0 saturated carbocycles. The van der Waals surface area contributed by atoms with Gasteiger partial charge in [-0.05, 0) is 48.3 Å². The largest absolute Gasteiger partial charge is 0.508 e. The molecule has 0 spiro atoms. The van der Waals surface area contributed by atoms with Gasteiger partial charge in [0.15, 0.2) is 0 Å². The number of rotatable bonds is 3. The van der Waals surface area contributed by atoms with Crippen molar-refractivity contribution in [1.29, 1.82) is 0 Å². The van der Waals surface area contributed by atoms with E-state index in [1.165, 1.54) is 23.8 Å². The Balaban J connectivity index is 1.95. The molecule has 0 aliphatic carbocycles. The van der Waals surface area contributed by atoms with Crippen molar-refractivity contribution in [2.24, 2.45) is 0 Å². The Kier molecular flexibility index (Phi) is 3.76. The van der Waals surface area contributed by atoms with Crippen LogP contribution in [-0.2, 0) is 0 Å². The minimum atomic E-state index is 0.116. The lowest BCUT2D eigenvalue weighted by Gasteiger charge is -2.30. The molecule has 0 aromatic heterocycles. The summed E-state index contributed by atoms with van der Waals surface area (Å²) in [6.45, 7) is 2.17. The second-order valence-electron chi connectivity index (χ2n) is 6.28. The molecule has 116 valence electrons. The molecule has 4 rings (SSSR count). The Bertz CT molecular complexity index is 806. The highest BCUT2D eigenvalue weighted by atomic mass is 16.3. The minimum Gasteiger partial charge on any atom is -0.508 e. The molecule has 1 aliphatic heterocycles. The number of phenols is 1. The molecule has 1 heterocycles. The van der Waals surface area contributed by atoms with Gasteiger partial charge in [-0.15, -0.1) is 0 Å². The van der Waals surface area contributed by atoms with E-state index in [9.17, 15) is 5.11 Å². The predicted octanol–water partition coefficient (Wildman–Crippen LogP) is 4.73. The number of fused-ring (bicyclic) bond motifs is 1. The molecule has 23 heavy (non-hydrogen) atoms. The van der Waals surface area contributed by atoms with Crippen LogP contribution < -0.4 is 0 Å². The second kappa shape index (κ2) is 6.05. The third-order valence-corrected chi connectivity index (χ3v) is 4.84. The molecular formula is C21H21NO. The molecule has 1 N–H and O–H groups in total. The van der Waals surface area contributed by atoms with E-state index in [0.29, 0.717) is 5.75 Å². The number of phenolic OH excluding ortho intramolecular Hbond substituents is 1. The summed E-state index contributed by atoms with van der Waals surface area (Å²) in [5.74, 6) is 0.393.